The van der Waals surface area contributed by atoms with E-state index in [9.17, 15) is 8.78 Å². The van der Waals surface area contributed by atoms with Gasteiger partial charge in [-0.25, -0.2) is 8.78 Å². The Morgan fingerprint density at radius 3 is 2.47 bits per heavy atom. The minimum atomic E-state index is -0.641. The van der Waals surface area contributed by atoms with Gasteiger partial charge in [0.15, 0.2) is 5.82 Å². The standard InChI is InChI=1S/C23H26F2N4O/c1-13-26-19(29-30-13)12-23(5)10-9-15(22(2,3)4)14-11-18(27-28-21(14)23)20-16(24)7-6-8-17(20)25/h6-8,11,15H,9-10,12H2,1-5H3/t15-,23+/m0/s1. The van der Waals surface area contributed by atoms with Crippen LogP contribution >= 0.6 is 0 Å². The van der Waals surface area contributed by atoms with Crippen LogP contribution in [0.25, 0.3) is 11.3 Å². The second kappa shape index (κ2) is 7.22. The first-order valence-corrected chi connectivity index (χ1v) is 10.2. The molecule has 0 amide bonds. The van der Waals surface area contributed by atoms with Crippen molar-refractivity contribution in [3.63, 3.8) is 0 Å². The summed E-state index contributed by atoms with van der Waals surface area (Å²) in [5.74, 6) is 0.0568. The van der Waals surface area contributed by atoms with Crippen LogP contribution in [0.15, 0.2) is 28.8 Å². The topological polar surface area (TPSA) is 64.7 Å². The van der Waals surface area contributed by atoms with Gasteiger partial charge in [-0.3, -0.25) is 0 Å². The van der Waals surface area contributed by atoms with E-state index >= 15 is 0 Å². The molecule has 1 aliphatic carbocycles. The lowest BCUT2D eigenvalue weighted by Gasteiger charge is -2.42. The van der Waals surface area contributed by atoms with Gasteiger partial charge in [0.1, 0.15) is 11.6 Å². The quantitative estimate of drug-likeness (QED) is 0.565. The first-order chi connectivity index (χ1) is 14.1. The van der Waals surface area contributed by atoms with Crippen LogP contribution in [0, 0.1) is 24.0 Å². The number of benzene rings is 1. The van der Waals surface area contributed by atoms with Crippen molar-refractivity contribution in [1.82, 2.24) is 20.3 Å². The summed E-state index contributed by atoms with van der Waals surface area (Å²) in [6.45, 7) is 10.4. The molecule has 0 bridgehead atoms. The molecule has 3 aromatic rings. The van der Waals surface area contributed by atoms with Gasteiger partial charge >= 0.3 is 0 Å². The van der Waals surface area contributed by atoms with Crippen LogP contribution in [0.1, 0.15) is 69.4 Å². The van der Waals surface area contributed by atoms with Crippen LogP contribution in [0.3, 0.4) is 0 Å². The van der Waals surface area contributed by atoms with Gasteiger partial charge in [-0.15, -0.1) is 0 Å². The number of rotatable bonds is 3. The van der Waals surface area contributed by atoms with Crippen LogP contribution in [-0.2, 0) is 11.8 Å². The van der Waals surface area contributed by atoms with Crippen molar-refractivity contribution in [1.29, 1.82) is 0 Å². The van der Waals surface area contributed by atoms with E-state index in [2.05, 4.69) is 48.0 Å². The predicted octanol–water partition coefficient (Wildman–Crippen LogP) is 5.54. The van der Waals surface area contributed by atoms with Gasteiger partial charge in [0.05, 0.1) is 17.0 Å². The summed E-state index contributed by atoms with van der Waals surface area (Å²) in [6.07, 6.45) is 2.38. The third kappa shape index (κ3) is 3.61. The summed E-state index contributed by atoms with van der Waals surface area (Å²) < 4.78 is 34.0. The average Bonchev–Trinajstić information content (AvgIpc) is 3.05. The summed E-state index contributed by atoms with van der Waals surface area (Å²) in [5.41, 5.74) is 1.54. The van der Waals surface area contributed by atoms with E-state index in [1.807, 2.05) is 6.07 Å². The molecule has 0 saturated heterocycles. The van der Waals surface area contributed by atoms with Gasteiger partial charge in [-0.2, -0.15) is 15.2 Å². The molecule has 2 heterocycles. The maximum absolute atomic E-state index is 14.4. The minimum Gasteiger partial charge on any atom is -0.340 e. The fourth-order valence-corrected chi connectivity index (χ4v) is 4.58. The third-order valence-electron chi connectivity index (χ3n) is 6.14. The summed E-state index contributed by atoms with van der Waals surface area (Å²) >= 11 is 0. The minimum absolute atomic E-state index is 0.0348. The highest BCUT2D eigenvalue weighted by atomic mass is 19.1. The Morgan fingerprint density at radius 2 is 1.87 bits per heavy atom. The predicted molar refractivity (Wildman–Crippen MR) is 109 cm³/mol. The number of fused-ring (bicyclic) bond motifs is 1. The molecule has 5 nitrogen and oxygen atoms in total. The lowest BCUT2D eigenvalue weighted by atomic mass is 9.62. The highest BCUT2D eigenvalue weighted by molar-refractivity contribution is 5.62. The molecule has 2 aromatic heterocycles. The normalized spacial score (nSPS) is 21.5. The maximum Gasteiger partial charge on any atom is 0.223 e. The van der Waals surface area contributed by atoms with Gasteiger partial charge in [0.2, 0.25) is 5.89 Å². The molecule has 30 heavy (non-hydrogen) atoms. The van der Waals surface area contributed by atoms with Crippen LogP contribution in [0.4, 0.5) is 8.78 Å². The van der Waals surface area contributed by atoms with Gasteiger partial charge < -0.3 is 4.52 Å². The van der Waals surface area contributed by atoms with E-state index in [-0.39, 0.29) is 28.0 Å². The van der Waals surface area contributed by atoms with E-state index in [0.717, 1.165) is 24.1 Å². The van der Waals surface area contributed by atoms with E-state index in [1.54, 1.807) is 6.92 Å². The zero-order valence-electron chi connectivity index (χ0n) is 18.0. The van der Waals surface area contributed by atoms with Crippen molar-refractivity contribution in [3.05, 3.63) is 58.9 Å². The molecule has 4 rings (SSSR count). The smallest absolute Gasteiger partial charge is 0.223 e. The number of hydrogen-bond acceptors (Lipinski definition) is 5. The Bertz CT molecular complexity index is 1070. The average molecular weight is 412 g/mol. The van der Waals surface area contributed by atoms with Gasteiger partial charge in [0.25, 0.3) is 0 Å². The van der Waals surface area contributed by atoms with Crippen LogP contribution in [0.2, 0.25) is 0 Å². The summed E-state index contributed by atoms with van der Waals surface area (Å²) in [5, 5.41) is 12.8. The van der Waals surface area contributed by atoms with Crippen LogP contribution in [0.5, 0.6) is 0 Å². The summed E-state index contributed by atoms with van der Waals surface area (Å²) in [6, 6.07) is 5.65. The Hall–Kier alpha value is -2.70. The molecule has 1 aromatic carbocycles. The zero-order valence-corrected chi connectivity index (χ0v) is 18.0. The van der Waals surface area contributed by atoms with Crippen LogP contribution < -0.4 is 0 Å². The van der Waals surface area contributed by atoms with Gasteiger partial charge in [-0.1, -0.05) is 38.9 Å². The fraction of sp³-hybridized carbons (Fsp3) is 0.478. The van der Waals surface area contributed by atoms with Gasteiger partial charge in [-0.05, 0) is 47.9 Å². The monoisotopic (exact) mass is 412 g/mol. The molecule has 0 radical (unpaired) electrons. The molecule has 7 heteroatoms. The van der Waals surface area contributed by atoms with E-state index in [4.69, 9.17) is 4.52 Å². The van der Waals surface area contributed by atoms with E-state index in [0.29, 0.717) is 18.1 Å². The molecule has 0 unspecified atom stereocenters. The number of hydrogen-bond donors (Lipinski definition) is 0. The molecule has 0 spiro atoms. The molecular weight excluding hydrogens is 386 g/mol. The summed E-state index contributed by atoms with van der Waals surface area (Å²) in [4.78, 5) is 4.35. The van der Waals surface area contributed by atoms with Crippen LogP contribution in [-0.4, -0.2) is 20.3 Å². The second-order valence-electron chi connectivity index (χ2n) is 9.55. The largest absolute Gasteiger partial charge is 0.340 e. The lowest BCUT2D eigenvalue weighted by Crippen LogP contribution is -2.37. The maximum atomic E-state index is 14.4. The Balaban J connectivity index is 1.85. The van der Waals surface area contributed by atoms with Gasteiger partial charge in [0, 0.05) is 18.8 Å². The van der Waals surface area contributed by atoms with Crippen molar-refractivity contribution in [3.8, 4) is 11.3 Å². The number of halogens is 2. The summed E-state index contributed by atoms with van der Waals surface area (Å²) in [7, 11) is 0. The second-order valence-corrected chi connectivity index (χ2v) is 9.55. The molecule has 158 valence electrons. The first-order valence-electron chi connectivity index (χ1n) is 10.2. The van der Waals surface area contributed by atoms with Crippen molar-refractivity contribution >= 4 is 0 Å². The fourth-order valence-electron chi connectivity index (χ4n) is 4.58. The molecule has 0 fully saturated rings. The van der Waals surface area contributed by atoms with Crippen molar-refractivity contribution < 1.29 is 13.3 Å². The molecule has 1 aliphatic rings. The van der Waals surface area contributed by atoms with Crippen molar-refractivity contribution in [2.75, 3.05) is 0 Å². The molecule has 2 atom stereocenters. The molecule has 0 N–H and O–H groups in total. The SMILES string of the molecule is Cc1nc(C[C@@]2(C)CC[C@H](C(C)(C)C)c3cc(-c4c(F)cccc4F)nnc32)no1. The van der Waals surface area contributed by atoms with E-state index < -0.39 is 11.6 Å². The third-order valence-corrected chi connectivity index (χ3v) is 6.14. The number of nitrogens with zero attached hydrogens (tertiary/aromatic N) is 4. The zero-order chi connectivity index (χ0) is 21.7. The van der Waals surface area contributed by atoms with E-state index in [1.165, 1.54) is 18.2 Å². The molecule has 0 aliphatic heterocycles. The Labute approximate surface area is 174 Å². The lowest BCUT2D eigenvalue weighted by molar-refractivity contribution is 0.240. The van der Waals surface area contributed by atoms with Crippen molar-refractivity contribution in [2.45, 2.75) is 65.2 Å². The molecular formula is C23H26F2N4O. The highest BCUT2D eigenvalue weighted by Gasteiger charge is 2.43. The number of aryl methyl sites for hydroxylation is 1. The Morgan fingerprint density at radius 1 is 1.17 bits per heavy atom. The number of aromatic nitrogens is 4. The first kappa shape index (κ1) is 20.6. The highest BCUT2D eigenvalue weighted by Crippen LogP contribution is 2.50. The molecule has 0 saturated carbocycles. The van der Waals surface area contributed by atoms with Crippen molar-refractivity contribution in [2.24, 2.45) is 5.41 Å². The Kier molecular flexibility index (Phi) is 4.95.